The Balaban J connectivity index is 1.73. The number of aliphatic hydroxyl groups is 1. The molecule has 1 aliphatic heterocycles. The summed E-state index contributed by atoms with van der Waals surface area (Å²) in [4.78, 5) is 17.9. The van der Waals surface area contributed by atoms with Crippen LogP contribution in [0.3, 0.4) is 0 Å². The van der Waals surface area contributed by atoms with Gasteiger partial charge in [-0.1, -0.05) is 30.3 Å². The average molecular weight is 286 g/mol. The van der Waals surface area contributed by atoms with E-state index in [4.69, 9.17) is 0 Å². The second-order valence-electron chi connectivity index (χ2n) is 5.46. The highest BCUT2D eigenvalue weighted by Crippen LogP contribution is 2.34. The molecule has 0 saturated carbocycles. The number of amides is 1. The van der Waals surface area contributed by atoms with Crippen LogP contribution in [0.4, 0.5) is 0 Å². The Kier molecular flexibility index (Phi) is 3.70. The molecule has 3 rings (SSSR count). The van der Waals surface area contributed by atoms with Gasteiger partial charge in [-0.3, -0.25) is 4.79 Å². The summed E-state index contributed by atoms with van der Waals surface area (Å²) in [6, 6.07) is 9.92. The van der Waals surface area contributed by atoms with Gasteiger partial charge < -0.3 is 10.0 Å². The van der Waals surface area contributed by atoms with E-state index in [-0.39, 0.29) is 24.5 Å². The smallest absolute Gasteiger partial charge is 0.244 e. The van der Waals surface area contributed by atoms with E-state index in [0.29, 0.717) is 13.1 Å². The summed E-state index contributed by atoms with van der Waals surface area (Å²) in [6.07, 6.45) is 3.72. The number of rotatable bonds is 4. The molecule has 0 bridgehead atoms. The summed E-state index contributed by atoms with van der Waals surface area (Å²) in [5.74, 6) is 0.00626. The monoisotopic (exact) mass is 286 g/mol. The highest BCUT2D eigenvalue weighted by Gasteiger charge is 2.40. The first-order valence-electron chi connectivity index (χ1n) is 7.00. The minimum absolute atomic E-state index is 0.00626. The fourth-order valence-electron chi connectivity index (χ4n) is 2.89. The highest BCUT2D eigenvalue weighted by molar-refractivity contribution is 5.76. The molecular weight excluding hydrogens is 268 g/mol. The third kappa shape index (κ3) is 2.67. The van der Waals surface area contributed by atoms with Gasteiger partial charge in [0.15, 0.2) is 0 Å². The van der Waals surface area contributed by atoms with Gasteiger partial charge in [-0.2, -0.15) is 5.10 Å². The van der Waals surface area contributed by atoms with Gasteiger partial charge in [0.1, 0.15) is 19.2 Å². The van der Waals surface area contributed by atoms with Gasteiger partial charge in [0, 0.05) is 18.5 Å². The van der Waals surface area contributed by atoms with E-state index in [1.54, 1.807) is 4.90 Å². The number of likely N-dealkylation sites (tertiary alicyclic amines) is 1. The Morgan fingerprint density at radius 2 is 2.14 bits per heavy atom. The minimum Gasteiger partial charge on any atom is -0.395 e. The molecule has 1 aliphatic rings. The predicted molar refractivity (Wildman–Crippen MR) is 76.4 cm³/mol. The van der Waals surface area contributed by atoms with Crippen LogP contribution in [-0.4, -0.2) is 50.4 Å². The van der Waals surface area contributed by atoms with Crippen LogP contribution < -0.4 is 0 Å². The summed E-state index contributed by atoms with van der Waals surface area (Å²) < 4.78 is 1.52. The second-order valence-corrected chi connectivity index (χ2v) is 5.46. The van der Waals surface area contributed by atoms with Crippen LogP contribution in [0.2, 0.25) is 0 Å². The van der Waals surface area contributed by atoms with Crippen LogP contribution in [-0.2, 0) is 16.8 Å². The van der Waals surface area contributed by atoms with Gasteiger partial charge in [0.05, 0.1) is 6.61 Å². The van der Waals surface area contributed by atoms with Crippen LogP contribution in [0.25, 0.3) is 0 Å². The van der Waals surface area contributed by atoms with E-state index in [2.05, 4.69) is 10.1 Å². The number of hydrogen-bond donors (Lipinski definition) is 1. The number of aliphatic hydroxyl groups excluding tert-OH is 1. The lowest BCUT2D eigenvalue weighted by molar-refractivity contribution is -0.131. The number of carbonyl (C=O) groups is 1. The van der Waals surface area contributed by atoms with Crippen LogP contribution in [0.1, 0.15) is 12.0 Å². The van der Waals surface area contributed by atoms with Crippen molar-refractivity contribution in [1.82, 2.24) is 19.7 Å². The third-order valence-electron chi connectivity index (χ3n) is 4.16. The zero-order valence-corrected chi connectivity index (χ0v) is 11.7. The lowest BCUT2D eigenvalue weighted by Gasteiger charge is -2.27. The van der Waals surface area contributed by atoms with Crippen molar-refractivity contribution in [3.63, 3.8) is 0 Å². The molecule has 1 atom stereocenters. The van der Waals surface area contributed by atoms with Crippen molar-refractivity contribution in [3.05, 3.63) is 48.5 Å². The summed E-state index contributed by atoms with van der Waals surface area (Å²) in [6.45, 7) is 1.43. The molecule has 1 amide bonds. The van der Waals surface area contributed by atoms with E-state index >= 15 is 0 Å². The van der Waals surface area contributed by atoms with E-state index in [0.717, 1.165) is 12.0 Å². The molecule has 1 aromatic carbocycles. The van der Waals surface area contributed by atoms with Gasteiger partial charge in [-0.25, -0.2) is 9.67 Å². The van der Waals surface area contributed by atoms with Crippen molar-refractivity contribution in [3.8, 4) is 0 Å². The van der Waals surface area contributed by atoms with E-state index in [1.807, 2.05) is 30.3 Å². The fraction of sp³-hybridized carbons (Fsp3) is 0.400. The molecule has 21 heavy (non-hydrogen) atoms. The van der Waals surface area contributed by atoms with Gasteiger partial charge in [0.2, 0.25) is 5.91 Å². The maximum atomic E-state index is 12.3. The van der Waals surface area contributed by atoms with Gasteiger partial charge in [-0.05, 0) is 12.0 Å². The Bertz CT molecular complexity index is 599. The topological polar surface area (TPSA) is 71.2 Å². The molecule has 6 nitrogen and oxygen atoms in total. The van der Waals surface area contributed by atoms with E-state index in [1.165, 1.54) is 17.3 Å². The Labute approximate surface area is 123 Å². The maximum absolute atomic E-state index is 12.3. The number of benzene rings is 1. The highest BCUT2D eigenvalue weighted by atomic mass is 16.3. The Hall–Kier alpha value is -2.21. The van der Waals surface area contributed by atoms with Crippen molar-refractivity contribution in [2.45, 2.75) is 18.4 Å². The van der Waals surface area contributed by atoms with E-state index in [9.17, 15) is 9.90 Å². The summed E-state index contributed by atoms with van der Waals surface area (Å²) in [7, 11) is 0. The van der Waals surface area contributed by atoms with Crippen molar-refractivity contribution >= 4 is 5.91 Å². The molecule has 1 unspecified atom stereocenters. The molecule has 1 aromatic heterocycles. The SMILES string of the molecule is O=C(Cn1cncn1)N1CCC(CO)(c2ccccc2)C1. The number of nitrogens with zero attached hydrogens (tertiary/aromatic N) is 4. The average Bonchev–Trinajstić information content (AvgIpc) is 3.18. The first-order chi connectivity index (χ1) is 10.2. The molecule has 1 N–H and O–H groups in total. The third-order valence-corrected chi connectivity index (χ3v) is 4.16. The number of hydrogen-bond acceptors (Lipinski definition) is 4. The molecule has 2 heterocycles. The maximum Gasteiger partial charge on any atom is 0.244 e. The molecule has 0 spiro atoms. The molecule has 1 fully saturated rings. The largest absolute Gasteiger partial charge is 0.395 e. The quantitative estimate of drug-likeness (QED) is 0.885. The Morgan fingerprint density at radius 3 is 2.81 bits per heavy atom. The van der Waals surface area contributed by atoms with Crippen LogP contribution >= 0.6 is 0 Å². The fourth-order valence-corrected chi connectivity index (χ4v) is 2.89. The van der Waals surface area contributed by atoms with Gasteiger partial charge in [-0.15, -0.1) is 0 Å². The Morgan fingerprint density at radius 1 is 1.33 bits per heavy atom. The minimum atomic E-state index is -0.348. The molecule has 110 valence electrons. The molecular formula is C15H18N4O2. The lowest BCUT2D eigenvalue weighted by Crippen LogP contribution is -2.38. The predicted octanol–water partition coefficient (Wildman–Crippen LogP) is 0.441. The van der Waals surface area contributed by atoms with E-state index < -0.39 is 0 Å². The first-order valence-corrected chi connectivity index (χ1v) is 7.00. The summed E-state index contributed by atoms with van der Waals surface area (Å²) >= 11 is 0. The van der Waals surface area contributed by atoms with Crippen molar-refractivity contribution in [1.29, 1.82) is 0 Å². The molecule has 2 aromatic rings. The zero-order valence-electron chi connectivity index (χ0n) is 11.7. The molecule has 1 saturated heterocycles. The van der Waals surface area contributed by atoms with Crippen molar-refractivity contribution in [2.75, 3.05) is 19.7 Å². The second kappa shape index (κ2) is 5.65. The van der Waals surface area contributed by atoms with Crippen LogP contribution in [0.5, 0.6) is 0 Å². The van der Waals surface area contributed by atoms with Crippen LogP contribution in [0, 0.1) is 0 Å². The first kappa shape index (κ1) is 13.8. The molecule has 0 radical (unpaired) electrons. The normalized spacial score (nSPS) is 21.7. The molecule has 0 aliphatic carbocycles. The standard InChI is InChI=1S/C15H18N4O2/c20-10-15(13-4-2-1-3-5-13)6-7-18(9-15)14(21)8-19-12-16-11-17-19/h1-5,11-12,20H,6-10H2. The van der Waals surface area contributed by atoms with Gasteiger partial charge >= 0.3 is 0 Å². The molecule has 6 heteroatoms. The number of aromatic nitrogens is 3. The van der Waals surface area contributed by atoms with Crippen LogP contribution in [0.15, 0.2) is 43.0 Å². The zero-order chi connectivity index (χ0) is 14.7. The number of carbonyl (C=O) groups excluding carboxylic acids is 1. The van der Waals surface area contributed by atoms with Crippen molar-refractivity contribution < 1.29 is 9.90 Å². The summed E-state index contributed by atoms with van der Waals surface area (Å²) in [5, 5.41) is 13.8. The van der Waals surface area contributed by atoms with Gasteiger partial charge in [0.25, 0.3) is 0 Å². The summed E-state index contributed by atoms with van der Waals surface area (Å²) in [5.41, 5.74) is 0.739. The van der Waals surface area contributed by atoms with Crippen molar-refractivity contribution in [2.24, 2.45) is 0 Å². The lowest BCUT2D eigenvalue weighted by atomic mass is 9.80.